The lowest BCUT2D eigenvalue weighted by Crippen LogP contribution is -2.42. The van der Waals surface area contributed by atoms with E-state index in [0.29, 0.717) is 36.2 Å². The molecule has 1 heterocycles. The maximum absolute atomic E-state index is 12.9. The van der Waals surface area contributed by atoms with E-state index in [1.54, 1.807) is 28.6 Å². The van der Waals surface area contributed by atoms with Gasteiger partial charge in [0.05, 0.1) is 4.90 Å². The van der Waals surface area contributed by atoms with Gasteiger partial charge >= 0.3 is 0 Å². The molecule has 2 aromatic carbocycles. The van der Waals surface area contributed by atoms with Crippen LogP contribution in [0.25, 0.3) is 0 Å². The summed E-state index contributed by atoms with van der Waals surface area (Å²) in [6, 6.07) is 12.1. The molecule has 1 fully saturated rings. The fourth-order valence-electron chi connectivity index (χ4n) is 3.97. The molecule has 5 nitrogen and oxygen atoms in total. The van der Waals surface area contributed by atoms with Crippen molar-refractivity contribution in [2.24, 2.45) is 11.8 Å². The number of hydrogen-bond donors (Lipinski definition) is 1. The average Bonchev–Trinajstić information content (AvgIpc) is 2.60. The second kappa shape index (κ2) is 8.05. The van der Waals surface area contributed by atoms with Crippen LogP contribution in [0.3, 0.4) is 0 Å². The Morgan fingerprint density at radius 3 is 2.04 bits per heavy atom. The molecule has 1 N–H and O–H groups in total. The largest absolute Gasteiger partial charge is 0.322 e. The van der Waals surface area contributed by atoms with E-state index in [2.05, 4.69) is 19.2 Å². The van der Waals surface area contributed by atoms with Crippen LogP contribution in [-0.4, -0.2) is 31.7 Å². The normalized spacial score (nSPS) is 20.7. The second-order valence-corrected chi connectivity index (χ2v) is 10.1. The molecule has 0 saturated carbocycles. The molecule has 2 atom stereocenters. The molecular weight excluding hydrogens is 372 g/mol. The van der Waals surface area contributed by atoms with Crippen LogP contribution in [0.2, 0.25) is 0 Å². The van der Waals surface area contributed by atoms with Crippen molar-refractivity contribution < 1.29 is 13.2 Å². The zero-order valence-electron chi connectivity index (χ0n) is 16.9. The third-order valence-corrected chi connectivity index (χ3v) is 6.92. The minimum absolute atomic E-state index is 0.207. The van der Waals surface area contributed by atoms with Crippen molar-refractivity contribution in [3.63, 3.8) is 0 Å². The van der Waals surface area contributed by atoms with Crippen molar-refractivity contribution in [1.29, 1.82) is 0 Å². The van der Waals surface area contributed by atoms with Crippen molar-refractivity contribution >= 4 is 21.6 Å². The molecule has 1 saturated heterocycles. The molecule has 0 aliphatic carbocycles. The number of aryl methyl sites for hydroxylation is 2. The van der Waals surface area contributed by atoms with Gasteiger partial charge in [0.15, 0.2) is 0 Å². The summed E-state index contributed by atoms with van der Waals surface area (Å²) >= 11 is 0. The smallest absolute Gasteiger partial charge is 0.255 e. The van der Waals surface area contributed by atoms with Crippen molar-refractivity contribution in [3.8, 4) is 0 Å². The van der Waals surface area contributed by atoms with Gasteiger partial charge in [0, 0.05) is 24.3 Å². The van der Waals surface area contributed by atoms with Gasteiger partial charge < -0.3 is 5.32 Å². The molecule has 0 bridgehead atoms. The van der Waals surface area contributed by atoms with E-state index in [0.717, 1.165) is 17.5 Å². The zero-order valence-corrected chi connectivity index (χ0v) is 17.7. The molecule has 3 rings (SSSR count). The monoisotopic (exact) mass is 400 g/mol. The first kappa shape index (κ1) is 20.6. The van der Waals surface area contributed by atoms with E-state index in [4.69, 9.17) is 0 Å². The van der Waals surface area contributed by atoms with E-state index in [1.807, 2.05) is 32.0 Å². The lowest BCUT2D eigenvalue weighted by Gasteiger charge is -2.34. The molecule has 0 radical (unpaired) electrons. The fourth-order valence-corrected chi connectivity index (χ4v) is 5.65. The molecule has 0 aromatic heterocycles. The minimum Gasteiger partial charge on any atom is -0.322 e. The Hall–Kier alpha value is -2.18. The van der Waals surface area contributed by atoms with E-state index < -0.39 is 10.0 Å². The summed E-state index contributed by atoms with van der Waals surface area (Å²) in [4.78, 5) is 12.7. The number of sulfonamides is 1. The van der Waals surface area contributed by atoms with Crippen LogP contribution in [0.4, 0.5) is 5.69 Å². The van der Waals surface area contributed by atoms with Gasteiger partial charge in [0.2, 0.25) is 10.0 Å². The summed E-state index contributed by atoms with van der Waals surface area (Å²) in [5.74, 6) is 0.505. The van der Waals surface area contributed by atoms with Crippen molar-refractivity contribution in [1.82, 2.24) is 4.31 Å². The summed E-state index contributed by atoms with van der Waals surface area (Å²) in [6.45, 7) is 9.18. The number of benzene rings is 2. The predicted octanol–water partition coefficient (Wildman–Crippen LogP) is 4.22. The standard InChI is InChI=1S/C22H28N2O3S/c1-15-9-16(2)12-19(11-15)22(25)23-20-5-7-21(8-6-20)28(26,27)24-13-17(3)10-18(4)14-24/h5-9,11-12,17-18H,10,13-14H2,1-4H3,(H,23,25)/t17-,18+. The van der Waals surface area contributed by atoms with Crippen molar-refractivity contribution in [2.75, 3.05) is 18.4 Å². The topological polar surface area (TPSA) is 66.5 Å². The van der Waals surface area contributed by atoms with Crippen LogP contribution in [0, 0.1) is 25.7 Å². The molecule has 1 aliphatic rings. The Bertz CT molecular complexity index is 938. The van der Waals surface area contributed by atoms with Crippen LogP contribution in [0.15, 0.2) is 47.4 Å². The number of carbonyl (C=O) groups is 1. The van der Waals surface area contributed by atoms with Gasteiger partial charge in [-0.3, -0.25) is 4.79 Å². The SMILES string of the molecule is Cc1cc(C)cc(C(=O)Nc2ccc(S(=O)(=O)N3C[C@H](C)C[C@H](C)C3)cc2)c1. The van der Waals surface area contributed by atoms with Gasteiger partial charge in [-0.1, -0.05) is 31.0 Å². The van der Waals surface area contributed by atoms with Gasteiger partial charge in [-0.2, -0.15) is 4.31 Å². The molecule has 150 valence electrons. The Labute approximate surface area is 167 Å². The fraction of sp³-hybridized carbons (Fsp3) is 0.409. The molecule has 0 spiro atoms. The Morgan fingerprint density at radius 2 is 1.50 bits per heavy atom. The number of rotatable bonds is 4. The highest BCUT2D eigenvalue weighted by Crippen LogP contribution is 2.27. The molecule has 6 heteroatoms. The van der Waals surface area contributed by atoms with Gasteiger partial charge in [-0.25, -0.2) is 8.42 Å². The number of nitrogens with one attached hydrogen (secondary N) is 1. The first-order valence-corrected chi connectivity index (χ1v) is 11.1. The first-order chi connectivity index (χ1) is 13.1. The Morgan fingerprint density at radius 1 is 0.964 bits per heavy atom. The van der Waals surface area contributed by atoms with E-state index in [9.17, 15) is 13.2 Å². The molecule has 1 amide bonds. The van der Waals surface area contributed by atoms with Crippen LogP contribution in [0.5, 0.6) is 0 Å². The van der Waals surface area contributed by atoms with E-state index in [1.165, 1.54) is 0 Å². The number of piperidine rings is 1. The van der Waals surface area contributed by atoms with Gasteiger partial charge in [0.1, 0.15) is 0 Å². The maximum Gasteiger partial charge on any atom is 0.255 e. The van der Waals surface area contributed by atoms with E-state index >= 15 is 0 Å². The summed E-state index contributed by atoms with van der Waals surface area (Å²) in [6.07, 6.45) is 1.05. The van der Waals surface area contributed by atoms with Gasteiger partial charge in [-0.05, 0) is 68.5 Å². The number of hydrogen-bond acceptors (Lipinski definition) is 3. The summed E-state index contributed by atoms with van der Waals surface area (Å²) in [5, 5.41) is 2.84. The summed E-state index contributed by atoms with van der Waals surface area (Å²) in [5.41, 5.74) is 3.21. The number of nitrogens with zero attached hydrogens (tertiary/aromatic N) is 1. The second-order valence-electron chi connectivity index (χ2n) is 8.12. The van der Waals surface area contributed by atoms with Crippen LogP contribution in [0.1, 0.15) is 41.8 Å². The van der Waals surface area contributed by atoms with Crippen molar-refractivity contribution in [2.45, 2.75) is 39.0 Å². The molecule has 2 aromatic rings. The van der Waals surface area contributed by atoms with Gasteiger partial charge in [-0.15, -0.1) is 0 Å². The van der Waals surface area contributed by atoms with Crippen molar-refractivity contribution in [3.05, 3.63) is 59.2 Å². The molecule has 0 unspecified atom stereocenters. The lowest BCUT2D eigenvalue weighted by atomic mass is 9.94. The highest BCUT2D eigenvalue weighted by molar-refractivity contribution is 7.89. The highest BCUT2D eigenvalue weighted by atomic mass is 32.2. The molecule has 28 heavy (non-hydrogen) atoms. The quantitative estimate of drug-likeness (QED) is 0.835. The first-order valence-electron chi connectivity index (χ1n) is 9.65. The number of anilines is 1. The predicted molar refractivity (Wildman–Crippen MR) is 112 cm³/mol. The Kier molecular flexibility index (Phi) is 5.91. The third kappa shape index (κ3) is 4.62. The molecular formula is C22H28N2O3S. The average molecular weight is 401 g/mol. The van der Waals surface area contributed by atoms with Crippen LogP contribution in [-0.2, 0) is 10.0 Å². The lowest BCUT2D eigenvalue weighted by molar-refractivity contribution is 0.102. The van der Waals surface area contributed by atoms with Crippen LogP contribution >= 0.6 is 0 Å². The van der Waals surface area contributed by atoms with E-state index in [-0.39, 0.29) is 10.8 Å². The zero-order chi connectivity index (χ0) is 20.5. The number of carbonyl (C=O) groups excluding carboxylic acids is 1. The summed E-state index contributed by atoms with van der Waals surface area (Å²) < 4.78 is 27.5. The highest BCUT2D eigenvalue weighted by Gasteiger charge is 2.31. The Balaban J connectivity index is 1.75. The maximum atomic E-state index is 12.9. The van der Waals surface area contributed by atoms with Crippen LogP contribution < -0.4 is 5.32 Å². The molecule has 1 aliphatic heterocycles. The number of amides is 1. The third-order valence-electron chi connectivity index (χ3n) is 5.07. The van der Waals surface area contributed by atoms with Gasteiger partial charge in [0.25, 0.3) is 5.91 Å². The summed E-state index contributed by atoms with van der Waals surface area (Å²) in [7, 11) is -3.52. The minimum atomic E-state index is -3.52.